The Kier molecular flexibility index (Phi) is 6.10. The zero-order valence-electron chi connectivity index (χ0n) is 14.9. The van der Waals surface area contributed by atoms with Crippen LogP contribution in [0, 0.1) is 0 Å². The van der Waals surface area contributed by atoms with Crippen molar-refractivity contribution in [3.63, 3.8) is 0 Å². The third-order valence-electron chi connectivity index (χ3n) is 4.31. The first kappa shape index (κ1) is 17.9. The Labute approximate surface area is 139 Å². The maximum Gasteiger partial charge on any atom is 0.407 e. The van der Waals surface area contributed by atoms with E-state index in [9.17, 15) is 4.79 Å². The Morgan fingerprint density at radius 3 is 2.57 bits per heavy atom. The number of hydrogen-bond donors (Lipinski definition) is 2. The predicted molar refractivity (Wildman–Crippen MR) is 92.3 cm³/mol. The van der Waals surface area contributed by atoms with Crippen molar-refractivity contribution in [1.29, 1.82) is 0 Å². The zero-order valence-corrected chi connectivity index (χ0v) is 14.9. The van der Waals surface area contributed by atoms with Crippen molar-refractivity contribution in [2.75, 3.05) is 0 Å². The van der Waals surface area contributed by atoms with Gasteiger partial charge in [0, 0.05) is 37.6 Å². The minimum absolute atomic E-state index is 0.132. The standard InChI is InChI=1S/C18H31N3O2/c1-18(2,3)23-17(22)20-16-11-7-5-6-10-15(16)19-13-14-9-8-12-21(14)4/h8-9,12,15-16,19H,5-7,10-11,13H2,1-4H3,(H,20,22). The molecule has 2 N–H and O–H groups in total. The molecule has 0 aromatic carbocycles. The first-order valence-corrected chi connectivity index (χ1v) is 8.68. The number of amides is 1. The van der Waals surface area contributed by atoms with E-state index in [0.717, 1.165) is 25.8 Å². The molecule has 1 aromatic rings. The van der Waals surface area contributed by atoms with Crippen molar-refractivity contribution >= 4 is 6.09 Å². The van der Waals surface area contributed by atoms with Gasteiger partial charge in [-0.2, -0.15) is 0 Å². The number of aromatic nitrogens is 1. The van der Waals surface area contributed by atoms with Crippen molar-refractivity contribution in [3.05, 3.63) is 24.0 Å². The lowest BCUT2D eigenvalue weighted by atomic mass is 10.0. The van der Waals surface area contributed by atoms with Crippen LogP contribution in [0.5, 0.6) is 0 Å². The summed E-state index contributed by atoms with van der Waals surface area (Å²) in [6.45, 7) is 6.50. The van der Waals surface area contributed by atoms with Gasteiger partial charge >= 0.3 is 6.09 Å². The molecule has 5 nitrogen and oxygen atoms in total. The zero-order chi connectivity index (χ0) is 16.9. The van der Waals surface area contributed by atoms with E-state index in [1.165, 1.54) is 18.5 Å². The van der Waals surface area contributed by atoms with Crippen LogP contribution < -0.4 is 10.6 Å². The van der Waals surface area contributed by atoms with Crippen LogP contribution in [-0.4, -0.2) is 28.3 Å². The van der Waals surface area contributed by atoms with E-state index >= 15 is 0 Å². The second kappa shape index (κ2) is 7.86. The van der Waals surface area contributed by atoms with E-state index in [-0.39, 0.29) is 12.1 Å². The van der Waals surface area contributed by atoms with Gasteiger partial charge in [0.1, 0.15) is 5.60 Å². The molecule has 0 bridgehead atoms. The molecule has 5 heteroatoms. The van der Waals surface area contributed by atoms with Gasteiger partial charge in [-0.1, -0.05) is 19.3 Å². The van der Waals surface area contributed by atoms with E-state index < -0.39 is 5.60 Å². The molecular formula is C18H31N3O2. The fourth-order valence-electron chi connectivity index (χ4n) is 3.10. The average molecular weight is 321 g/mol. The molecule has 1 amide bonds. The van der Waals surface area contributed by atoms with Gasteiger partial charge in [-0.15, -0.1) is 0 Å². The molecule has 1 aliphatic carbocycles. The largest absolute Gasteiger partial charge is 0.444 e. The third-order valence-corrected chi connectivity index (χ3v) is 4.31. The van der Waals surface area contributed by atoms with E-state index in [1.54, 1.807) is 0 Å². The van der Waals surface area contributed by atoms with Crippen molar-refractivity contribution in [2.24, 2.45) is 7.05 Å². The Bertz CT molecular complexity index is 505. The van der Waals surface area contributed by atoms with Gasteiger partial charge in [-0.3, -0.25) is 0 Å². The van der Waals surface area contributed by atoms with Crippen LogP contribution in [0.4, 0.5) is 4.79 Å². The van der Waals surface area contributed by atoms with Gasteiger partial charge in [0.25, 0.3) is 0 Å². The molecule has 2 rings (SSSR count). The summed E-state index contributed by atoms with van der Waals surface area (Å²) in [6, 6.07) is 4.60. The molecule has 2 atom stereocenters. The maximum absolute atomic E-state index is 12.1. The van der Waals surface area contributed by atoms with Gasteiger partial charge in [-0.25, -0.2) is 4.79 Å². The number of alkyl carbamates (subject to hydrolysis) is 1. The van der Waals surface area contributed by atoms with E-state index in [2.05, 4.69) is 40.6 Å². The average Bonchev–Trinajstić information content (AvgIpc) is 2.71. The van der Waals surface area contributed by atoms with Crippen LogP contribution in [0.1, 0.15) is 58.6 Å². The highest BCUT2D eigenvalue weighted by molar-refractivity contribution is 5.68. The van der Waals surface area contributed by atoms with Crippen molar-refractivity contribution in [1.82, 2.24) is 15.2 Å². The molecule has 0 saturated heterocycles. The molecule has 130 valence electrons. The maximum atomic E-state index is 12.1. The summed E-state index contributed by atoms with van der Waals surface area (Å²) in [4.78, 5) is 12.1. The molecule has 23 heavy (non-hydrogen) atoms. The molecule has 1 saturated carbocycles. The second-order valence-electron chi connectivity index (χ2n) is 7.49. The van der Waals surface area contributed by atoms with Crippen LogP contribution in [-0.2, 0) is 18.3 Å². The van der Waals surface area contributed by atoms with Gasteiger partial charge < -0.3 is 19.9 Å². The third kappa shape index (κ3) is 5.90. The molecule has 1 fully saturated rings. The number of hydrogen-bond acceptors (Lipinski definition) is 3. The lowest BCUT2D eigenvalue weighted by Gasteiger charge is -2.29. The predicted octanol–water partition coefficient (Wildman–Crippen LogP) is 3.34. The van der Waals surface area contributed by atoms with Crippen molar-refractivity contribution in [3.8, 4) is 0 Å². The van der Waals surface area contributed by atoms with Crippen molar-refractivity contribution < 1.29 is 9.53 Å². The number of nitrogens with one attached hydrogen (secondary N) is 2. The van der Waals surface area contributed by atoms with Gasteiger partial charge in [-0.05, 0) is 45.7 Å². The summed E-state index contributed by atoms with van der Waals surface area (Å²) in [5.74, 6) is 0. The fourth-order valence-corrected chi connectivity index (χ4v) is 3.10. The Hall–Kier alpha value is -1.49. The normalized spacial score (nSPS) is 22.4. The summed E-state index contributed by atoms with van der Waals surface area (Å²) in [7, 11) is 2.06. The van der Waals surface area contributed by atoms with Crippen LogP contribution in [0.15, 0.2) is 18.3 Å². The fraction of sp³-hybridized carbons (Fsp3) is 0.722. The summed E-state index contributed by atoms with van der Waals surface area (Å²) < 4.78 is 7.54. The lowest BCUT2D eigenvalue weighted by molar-refractivity contribution is 0.0489. The van der Waals surface area contributed by atoms with Gasteiger partial charge in [0.2, 0.25) is 0 Å². The molecule has 1 heterocycles. The summed E-state index contributed by atoms with van der Waals surface area (Å²) in [6.07, 6.45) is 7.43. The quantitative estimate of drug-likeness (QED) is 0.836. The number of rotatable bonds is 4. The Morgan fingerprint density at radius 2 is 1.96 bits per heavy atom. The minimum Gasteiger partial charge on any atom is -0.444 e. The number of nitrogens with zero attached hydrogens (tertiary/aromatic N) is 1. The highest BCUT2D eigenvalue weighted by Gasteiger charge is 2.27. The van der Waals surface area contributed by atoms with Crippen LogP contribution in [0.2, 0.25) is 0 Å². The molecular weight excluding hydrogens is 290 g/mol. The molecule has 1 aromatic heterocycles. The summed E-state index contributed by atoms with van der Waals surface area (Å²) in [5, 5.41) is 6.71. The van der Waals surface area contributed by atoms with Crippen molar-refractivity contribution in [2.45, 2.75) is 77.1 Å². The monoisotopic (exact) mass is 321 g/mol. The van der Waals surface area contributed by atoms with E-state index in [1.807, 2.05) is 20.8 Å². The molecule has 1 aliphatic rings. The highest BCUT2D eigenvalue weighted by atomic mass is 16.6. The number of ether oxygens (including phenoxy) is 1. The molecule has 0 aliphatic heterocycles. The van der Waals surface area contributed by atoms with E-state index in [0.29, 0.717) is 6.04 Å². The minimum atomic E-state index is -0.458. The Balaban J connectivity index is 1.93. The number of carbonyl (C=O) groups excluding carboxylic acids is 1. The molecule has 0 spiro atoms. The Morgan fingerprint density at radius 1 is 1.26 bits per heavy atom. The van der Waals surface area contributed by atoms with Crippen LogP contribution >= 0.6 is 0 Å². The van der Waals surface area contributed by atoms with Crippen LogP contribution in [0.25, 0.3) is 0 Å². The molecule has 0 radical (unpaired) electrons. The molecule has 2 unspecified atom stereocenters. The highest BCUT2D eigenvalue weighted by Crippen LogP contribution is 2.19. The summed E-state index contributed by atoms with van der Waals surface area (Å²) in [5.41, 5.74) is 0.797. The lowest BCUT2D eigenvalue weighted by Crippen LogP contribution is -2.50. The summed E-state index contributed by atoms with van der Waals surface area (Å²) >= 11 is 0. The SMILES string of the molecule is Cn1cccc1CNC1CCCCCC1NC(=O)OC(C)(C)C. The van der Waals surface area contributed by atoms with E-state index in [4.69, 9.17) is 4.74 Å². The smallest absolute Gasteiger partial charge is 0.407 e. The first-order valence-electron chi connectivity index (χ1n) is 8.68. The number of carbonyl (C=O) groups is 1. The first-order chi connectivity index (χ1) is 10.8. The van der Waals surface area contributed by atoms with Crippen LogP contribution in [0.3, 0.4) is 0 Å². The van der Waals surface area contributed by atoms with Gasteiger partial charge in [0.05, 0.1) is 0 Å². The topological polar surface area (TPSA) is 55.3 Å². The number of aryl methyl sites for hydroxylation is 1. The second-order valence-corrected chi connectivity index (χ2v) is 7.49. The van der Waals surface area contributed by atoms with Gasteiger partial charge in [0.15, 0.2) is 0 Å².